The molecule has 2 amide bonds. The summed E-state index contributed by atoms with van der Waals surface area (Å²) in [5.74, 6) is -0.358. The van der Waals surface area contributed by atoms with E-state index in [1.807, 2.05) is 20.8 Å². The number of hydrogen-bond donors (Lipinski definition) is 3. The van der Waals surface area contributed by atoms with Gasteiger partial charge in [0.1, 0.15) is 0 Å². The Balaban J connectivity index is 2.42. The Labute approximate surface area is 130 Å². The van der Waals surface area contributed by atoms with Crippen LogP contribution in [0.1, 0.15) is 25.8 Å². The van der Waals surface area contributed by atoms with Crippen molar-refractivity contribution in [1.29, 1.82) is 0 Å². The Bertz CT molecular complexity index is 518. The number of carbonyl (C=O) groups excluding carboxylic acids is 2. The van der Waals surface area contributed by atoms with Gasteiger partial charge in [0.05, 0.1) is 6.04 Å². The van der Waals surface area contributed by atoms with Gasteiger partial charge in [-0.15, -0.1) is 0 Å². The van der Waals surface area contributed by atoms with Crippen LogP contribution in [0.15, 0.2) is 18.2 Å². The highest BCUT2D eigenvalue weighted by molar-refractivity contribution is 6.31. The van der Waals surface area contributed by atoms with Crippen molar-refractivity contribution in [2.75, 3.05) is 11.9 Å². The Morgan fingerprint density at radius 1 is 1.33 bits per heavy atom. The van der Waals surface area contributed by atoms with Crippen LogP contribution in [0.25, 0.3) is 0 Å². The predicted molar refractivity (Wildman–Crippen MR) is 85.3 cm³/mol. The molecule has 0 aliphatic rings. The van der Waals surface area contributed by atoms with Crippen LogP contribution in [0.3, 0.4) is 0 Å². The van der Waals surface area contributed by atoms with Crippen molar-refractivity contribution in [1.82, 2.24) is 5.32 Å². The molecule has 0 aliphatic carbocycles. The summed E-state index contributed by atoms with van der Waals surface area (Å²) < 4.78 is 0. The van der Waals surface area contributed by atoms with Crippen molar-refractivity contribution in [3.05, 3.63) is 28.8 Å². The number of benzene rings is 1. The normalized spacial score (nSPS) is 12.1. The number of nitrogens with two attached hydrogens (primary N) is 1. The van der Waals surface area contributed by atoms with Crippen LogP contribution in [0.5, 0.6) is 0 Å². The summed E-state index contributed by atoms with van der Waals surface area (Å²) in [5.41, 5.74) is 7.21. The van der Waals surface area contributed by atoms with E-state index in [0.717, 1.165) is 5.56 Å². The van der Waals surface area contributed by atoms with E-state index in [-0.39, 0.29) is 30.7 Å². The fraction of sp³-hybridized carbons (Fsp3) is 0.467. The first-order chi connectivity index (χ1) is 9.82. The smallest absolute Gasteiger partial charge is 0.237 e. The highest BCUT2D eigenvalue weighted by Gasteiger charge is 2.16. The minimum Gasteiger partial charge on any atom is -0.354 e. The molecular formula is C15H22ClN3O2. The molecule has 1 aromatic rings. The van der Waals surface area contributed by atoms with E-state index in [2.05, 4.69) is 10.6 Å². The number of halogens is 1. The van der Waals surface area contributed by atoms with E-state index in [0.29, 0.717) is 10.7 Å². The zero-order valence-electron chi connectivity index (χ0n) is 12.6. The van der Waals surface area contributed by atoms with Crippen molar-refractivity contribution in [3.63, 3.8) is 0 Å². The summed E-state index contributed by atoms with van der Waals surface area (Å²) in [6.07, 6.45) is 0.183. The molecule has 0 unspecified atom stereocenters. The van der Waals surface area contributed by atoms with Crippen LogP contribution in [-0.4, -0.2) is 24.4 Å². The molecule has 1 aromatic carbocycles. The summed E-state index contributed by atoms with van der Waals surface area (Å²) in [4.78, 5) is 23.5. The van der Waals surface area contributed by atoms with E-state index in [4.69, 9.17) is 17.3 Å². The molecule has 0 radical (unpaired) electrons. The molecule has 0 spiro atoms. The Hall–Kier alpha value is -1.59. The molecule has 0 saturated heterocycles. The third-order valence-corrected chi connectivity index (χ3v) is 3.62. The number of anilines is 1. The van der Waals surface area contributed by atoms with Crippen LogP contribution >= 0.6 is 11.6 Å². The molecule has 0 aromatic heterocycles. The summed E-state index contributed by atoms with van der Waals surface area (Å²) in [6, 6.07) is 4.77. The van der Waals surface area contributed by atoms with Gasteiger partial charge < -0.3 is 16.4 Å². The molecule has 5 nitrogen and oxygen atoms in total. The number of amides is 2. The zero-order chi connectivity index (χ0) is 16.0. The van der Waals surface area contributed by atoms with Gasteiger partial charge in [-0.25, -0.2) is 0 Å². The van der Waals surface area contributed by atoms with Crippen LogP contribution in [0.4, 0.5) is 5.69 Å². The molecule has 0 fully saturated rings. The molecule has 4 N–H and O–H groups in total. The molecule has 0 saturated carbocycles. The first-order valence-electron chi connectivity index (χ1n) is 6.91. The minimum absolute atomic E-state index is 0.0629. The average molecular weight is 312 g/mol. The zero-order valence-corrected chi connectivity index (χ0v) is 13.3. The van der Waals surface area contributed by atoms with Gasteiger partial charge in [0.15, 0.2) is 0 Å². The number of nitrogens with one attached hydrogen (secondary N) is 2. The Morgan fingerprint density at radius 3 is 2.62 bits per heavy atom. The maximum atomic E-state index is 11.8. The lowest BCUT2D eigenvalue weighted by atomic mass is 10.1. The summed E-state index contributed by atoms with van der Waals surface area (Å²) in [5, 5.41) is 6.03. The van der Waals surface area contributed by atoms with Crippen LogP contribution in [0, 0.1) is 12.8 Å². The number of hydrogen-bond acceptors (Lipinski definition) is 3. The monoisotopic (exact) mass is 311 g/mol. The summed E-state index contributed by atoms with van der Waals surface area (Å²) in [7, 11) is 0. The van der Waals surface area contributed by atoms with Crippen LogP contribution in [0.2, 0.25) is 5.02 Å². The highest BCUT2D eigenvalue weighted by atomic mass is 35.5. The summed E-state index contributed by atoms with van der Waals surface area (Å²) in [6.45, 7) is 5.84. The molecule has 0 heterocycles. The van der Waals surface area contributed by atoms with Crippen LogP contribution in [-0.2, 0) is 9.59 Å². The van der Waals surface area contributed by atoms with E-state index >= 15 is 0 Å². The predicted octanol–water partition coefficient (Wildman–Crippen LogP) is 2.08. The molecular weight excluding hydrogens is 290 g/mol. The van der Waals surface area contributed by atoms with Gasteiger partial charge in [-0.2, -0.15) is 0 Å². The van der Waals surface area contributed by atoms with Crippen molar-refractivity contribution in [2.45, 2.75) is 33.2 Å². The van der Waals surface area contributed by atoms with E-state index in [1.54, 1.807) is 18.2 Å². The highest BCUT2D eigenvalue weighted by Crippen LogP contribution is 2.22. The summed E-state index contributed by atoms with van der Waals surface area (Å²) >= 11 is 5.99. The largest absolute Gasteiger partial charge is 0.354 e. The first kappa shape index (κ1) is 17.5. The fourth-order valence-corrected chi connectivity index (χ4v) is 1.85. The van der Waals surface area contributed by atoms with E-state index in [1.165, 1.54) is 0 Å². The second-order valence-corrected chi connectivity index (χ2v) is 5.68. The van der Waals surface area contributed by atoms with Crippen molar-refractivity contribution in [3.8, 4) is 0 Å². The number of rotatable bonds is 6. The van der Waals surface area contributed by atoms with E-state index < -0.39 is 6.04 Å². The fourth-order valence-electron chi connectivity index (χ4n) is 1.68. The van der Waals surface area contributed by atoms with Crippen molar-refractivity contribution >= 4 is 29.1 Å². The Kier molecular flexibility index (Phi) is 6.65. The molecule has 116 valence electrons. The quantitative estimate of drug-likeness (QED) is 0.752. The standard InChI is InChI=1S/C15H22ClN3O2/c1-9(2)14(17)15(21)18-8-7-13(20)19-12-6-4-5-11(16)10(12)3/h4-6,9,14H,7-8,17H2,1-3H3,(H,18,21)(H,19,20)/t14-/m0/s1. The van der Waals surface area contributed by atoms with Gasteiger partial charge in [-0.1, -0.05) is 31.5 Å². The van der Waals surface area contributed by atoms with Gasteiger partial charge in [0, 0.05) is 23.7 Å². The average Bonchev–Trinajstić information content (AvgIpc) is 2.42. The van der Waals surface area contributed by atoms with Crippen LogP contribution < -0.4 is 16.4 Å². The van der Waals surface area contributed by atoms with Gasteiger partial charge in [-0.3, -0.25) is 9.59 Å². The molecule has 1 rings (SSSR count). The lowest BCUT2D eigenvalue weighted by molar-refractivity contribution is -0.123. The number of carbonyl (C=O) groups is 2. The maximum Gasteiger partial charge on any atom is 0.237 e. The van der Waals surface area contributed by atoms with Gasteiger partial charge >= 0.3 is 0 Å². The topological polar surface area (TPSA) is 84.2 Å². The van der Waals surface area contributed by atoms with Gasteiger partial charge in [0.25, 0.3) is 0 Å². The van der Waals surface area contributed by atoms with Gasteiger partial charge in [-0.05, 0) is 30.5 Å². The van der Waals surface area contributed by atoms with Crippen molar-refractivity contribution in [2.24, 2.45) is 11.7 Å². The minimum atomic E-state index is -0.553. The molecule has 0 bridgehead atoms. The molecule has 1 atom stereocenters. The third kappa shape index (κ3) is 5.36. The lowest BCUT2D eigenvalue weighted by Crippen LogP contribution is -2.44. The maximum absolute atomic E-state index is 11.8. The Morgan fingerprint density at radius 2 is 2.00 bits per heavy atom. The SMILES string of the molecule is Cc1c(Cl)cccc1NC(=O)CCNC(=O)[C@@H](N)C(C)C. The first-order valence-corrected chi connectivity index (χ1v) is 7.29. The third-order valence-electron chi connectivity index (χ3n) is 3.21. The lowest BCUT2D eigenvalue weighted by Gasteiger charge is -2.15. The van der Waals surface area contributed by atoms with E-state index in [9.17, 15) is 9.59 Å². The second-order valence-electron chi connectivity index (χ2n) is 5.27. The second kappa shape index (κ2) is 8.00. The van der Waals surface area contributed by atoms with Crippen molar-refractivity contribution < 1.29 is 9.59 Å². The molecule has 21 heavy (non-hydrogen) atoms. The molecule has 6 heteroatoms. The molecule has 0 aliphatic heterocycles. The van der Waals surface area contributed by atoms with Gasteiger partial charge in [0.2, 0.25) is 11.8 Å².